The molecule has 0 bridgehead atoms. The van der Waals surface area contributed by atoms with Gasteiger partial charge in [-0.3, -0.25) is 0 Å². The van der Waals surface area contributed by atoms with Crippen LogP contribution in [0.3, 0.4) is 0 Å². The molecule has 0 saturated carbocycles. The van der Waals surface area contributed by atoms with E-state index >= 15 is 0 Å². The predicted octanol–water partition coefficient (Wildman–Crippen LogP) is 2.61. The Hall–Kier alpha value is -2.09. The van der Waals surface area contributed by atoms with Crippen molar-refractivity contribution in [2.24, 2.45) is 5.92 Å². The summed E-state index contributed by atoms with van der Waals surface area (Å²) in [7, 11) is 0. The molecule has 1 aromatic carbocycles. The highest BCUT2D eigenvalue weighted by atomic mass is 19.1. The quantitative estimate of drug-likeness (QED) is 0.842. The number of nitriles is 1. The molecule has 0 heterocycles. The molecule has 1 atom stereocenters. The van der Waals surface area contributed by atoms with E-state index in [0.29, 0.717) is 12.1 Å². The standard InChI is InChI=1S/C13H15FN2O2/c1-8(2)5-12(13(17)18)16-10-3-4-11(14)9(6-10)7-15/h3-4,6,8,12,16H,5H2,1-2H3,(H,17,18). The van der Waals surface area contributed by atoms with Crippen LogP contribution in [0.2, 0.25) is 0 Å². The van der Waals surface area contributed by atoms with Gasteiger partial charge in [-0.1, -0.05) is 13.8 Å². The summed E-state index contributed by atoms with van der Waals surface area (Å²) in [5, 5.41) is 20.6. The molecule has 18 heavy (non-hydrogen) atoms. The van der Waals surface area contributed by atoms with E-state index < -0.39 is 17.8 Å². The number of nitrogens with one attached hydrogen (secondary N) is 1. The molecule has 0 spiro atoms. The molecule has 2 N–H and O–H groups in total. The molecule has 0 aliphatic carbocycles. The monoisotopic (exact) mass is 250 g/mol. The zero-order valence-electron chi connectivity index (χ0n) is 10.3. The fraction of sp³-hybridized carbons (Fsp3) is 0.385. The van der Waals surface area contributed by atoms with Gasteiger partial charge < -0.3 is 10.4 Å². The lowest BCUT2D eigenvalue weighted by Crippen LogP contribution is -2.30. The predicted molar refractivity (Wildman–Crippen MR) is 65.6 cm³/mol. The van der Waals surface area contributed by atoms with Crippen LogP contribution in [0.5, 0.6) is 0 Å². The topological polar surface area (TPSA) is 73.1 Å². The van der Waals surface area contributed by atoms with Gasteiger partial charge in [0.1, 0.15) is 17.9 Å². The summed E-state index contributed by atoms with van der Waals surface area (Å²) in [4.78, 5) is 11.1. The van der Waals surface area contributed by atoms with Crippen molar-refractivity contribution in [2.75, 3.05) is 5.32 Å². The molecule has 0 amide bonds. The summed E-state index contributed by atoms with van der Waals surface area (Å²) in [6, 6.07) is 4.85. The number of hydrogen-bond acceptors (Lipinski definition) is 3. The molecule has 4 nitrogen and oxygen atoms in total. The first kappa shape index (κ1) is 14.0. The van der Waals surface area contributed by atoms with E-state index in [1.165, 1.54) is 12.1 Å². The maximum Gasteiger partial charge on any atom is 0.326 e. The molecule has 1 unspecified atom stereocenters. The largest absolute Gasteiger partial charge is 0.480 e. The number of carboxylic acid groups (broad SMARTS) is 1. The summed E-state index contributed by atoms with van der Waals surface area (Å²) in [6.07, 6.45) is 0.453. The number of nitrogens with zero attached hydrogens (tertiary/aromatic N) is 1. The first-order chi connectivity index (χ1) is 8.43. The summed E-state index contributed by atoms with van der Waals surface area (Å²) < 4.78 is 13.1. The Balaban J connectivity index is 2.88. The van der Waals surface area contributed by atoms with Crippen molar-refractivity contribution in [2.45, 2.75) is 26.3 Å². The third-order valence-corrected chi connectivity index (χ3v) is 2.43. The lowest BCUT2D eigenvalue weighted by Gasteiger charge is -2.17. The Morgan fingerprint density at radius 1 is 1.56 bits per heavy atom. The fourth-order valence-corrected chi connectivity index (χ4v) is 1.59. The number of benzene rings is 1. The number of anilines is 1. The van der Waals surface area contributed by atoms with Crippen molar-refractivity contribution >= 4 is 11.7 Å². The van der Waals surface area contributed by atoms with Gasteiger partial charge in [-0.25, -0.2) is 9.18 Å². The Labute approximate surface area is 105 Å². The van der Waals surface area contributed by atoms with Crippen LogP contribution in [0.15, 0.2) is 18.2 Å². The van der Waals surface area contributed by atoms with Crippen LogP contribution in [0.1, 0.15) is 25.8 Å². The number of carboxylic acids is 1. The average Bonchev–Trinajstić information content (AvgIpc) is 2.29. The minimum atomic E-state index is -0.966. The molecule has 0 fully saturated rings. The maximum absolute atomic E-state index is 13.1. The summed E-state index contributed by atoms with van der Waals surface area (Å²) >= 11 is 0. The van der Waals surface area contributed by atoms with E-state index in [4.69, 9.17) is 10.4 Å². The third-order valence-electron chi connectivity index (χ3n) is 2.43. The van der Waals surface area contributed by atoms with Gasteiger partial charge in [0, 0.05) is 5.69 Å². The SMILES string of the molecule is CC(C)CC(Nc1ccc(F)c(C#N)c1)C(=O)O. The van der Waals surface area contributed by atoms with E-state index in [-0.39, 0.29) is 11.5 Å². The second kappa shape index (κ2) is 6.01. The molecule has 96 valence electrons. The fourth-order valence-electron chi connectivity index (χ4n) is 1.59. The molecule has 1 rings (SSSR count). The number of carbonyl (C=O) groups is 1. The minimum absolute atomic E-state index is 0.103. The van der Waals surface area contributed by atoms with Gasteiger partial charge in [0.05, 0.1) is 5.56 Å². The van der Waals surface area contributed by atoms with Gasteiger partial charge in [0.25, 0.3) is 0 Å². The Bertz CT molecular complexity index is 480. The highest BCUT2D eigenvalue weighted by Crippen LogP contribution is 2.17. The summed E-state index contributed by atoms with van der Waals surface area (Å²) in [6.45, 7) is 3.84. The van der Waals surface area contributed by atoms with Gasteiger partial charge in [0.2, 0.25) is 0 Å². The van der Waals surface area contributed by atoms with Crippen molar-refractivity contribution in [1.29, 1.82) is 5.26 Å². The highest BCUT2D eigenvalue weighted by molar-refractivity contribution is 5.77. The molecule has 5 heteroatoms. The van der Waals surface area contributed by atoms with Crippen molar-refractivity contribution in [3.8, 4) is 6.07 Å². The van der Waals surface area contributed by atoms with Crippen molar-refractivity contribution in [3.63, 3.8) is 0 Å². The maximum atomic E-state index is 13.1. The zero-order valence-corrected chi connectivity index (χ0v) is 10.3. The Morgan fingerprint density at radius 2 is 2.22 bits per heavy atom. The van der Waals surface area contributed by atoms with Crippen LogP contribution in [0.4, 0.5) is 10.1 Å². The minimum Gasteiger partial charge on any atom is -0.480 e. The van der Waals surface area contributed by atoms with Crippen molar-refractivity contribution in [1.82, 2.24) is 0 Å². The van der Waals surface area contributed by atoms with E-state index in [9.17, 15) is 9.18 Å². The number of halogens is 1. The van der Waals surface area contributed by atoms with Gasteiger partial charge in [0.15, 0.2) is 0 Å². The zero-order chi connectivity index (χ0) is 13.7. The lowest BCUT2D eigenvalue weighted by atomic mass is 10.0. The van der Waals surface area contributed by atoms with Crippen LogP contribution in [-0.2, 0) is 4.79 Å². The molecular weight excluding hydrogens is 235 g/mol. The molecular formula is C13H15FN2O2. The van der Waals surface area contributed by atoms with E-state index in [0.717, 1.165) is 6.07 Å². The third kappa shape index (κ3) is 3.74. The van der Waals surface area contributed by atoms with Crippen molar-refractivity contribution < 1.29 is 14.3 Å². The van der Waals surface area contributed by atoms with Gasteiger partial charge in [-0.2, -0.15) is 5.26 Å². The first-order valence-corrected chi connectivity index (χ1v) is 5.63. The van der Waals surface area contributed by atoms with Crippen LogP contribution < -0.4 is 5.32 Å². The smallest absolute Gasteiger partial charge is 0.326 e. The van der Waals surface area contributed by atoms with E-state index in [2.05, 4.69) is 5.32 Å². The van der Waals surface area contributed by atoms with Crippen LogP contribution >= 0.6 is 0 Å². The molecule has 0 radical (unpaired) electrons. The van der Waals surface area contributed by atoms with Crippen molar-refractivity contribution in [3.05, 3.63) is 29.6 Å². The second-order valence-electron chi connectivity index (χ2n) is 4.47. The summed E-state index contributed by atoms with van der Waals surface area (Å²) in [5.41, 5.74) is 0.328. The van der Waals surface area contributed by atoms with Crippen LogP contribution in [-0.4, -0.2) is 17.1 Å². The molecule has 0 saturated heterocycles. The molecule has 1 aromatic rings. The second-order valence-corrected chi connectivity index (χ2v) is 4.47. The van der Waals surface area contributed by atoms with Gasteiger partial charge >= 0.3 is 5.97 Å². The molecule has 0 aliphatic rings. The lowest BCUT2D eigenvalue weighted by molar-refractivity contribution is -0.138. The van der Waals surface area contributed by atoms with Crippen LogP contribution in [0.25, 0.3) is 0 Å². The van der Waals surface area contributed by atoms with E-state index in [1.807, 2.05) is 13.8 Å². The Kier molecular flexibility index (Phi) is 4.67. The molecule has 0 aliphatic heterocycles. The highest BCUT2D eigenvalue weighted by Gasteiger charge is 2.18. The normalized spacial score (nSPS) is 11.9. The molecule has 0 aromatic heterocycles. The van der Waals surface area contributed by atoms with E-state index in [1.54, 1.807) is 6.07 Å². The number of rotatable bonds is 5. The number of aliphatic carboxylic acids is 1. The van der Waals surface area contributed by atoms with Gasteiger partial charge in [-0.15, -0.1) is 0 Å². The summed E-state index contributed by atoms with van der Waals surface area (Å²) in [5.74, 6) is -1.36. The van der Waals surface area contributed by atoms with Gasteiger partial charge in [-0.05, 0) is 30.5 Å². The first-order valence-electron chi connectivity index (χ1n) is 5.63. The Morgan fingerprint density at radius 3 is 2.72 bits per heavy atom. The van der Waals surface area contributed by atoms with Crippen LogP contribution in [0, 0.1) is 23.1 Å². The average molecular weight is 250 g/mol. The number of hydrogen-bond donors (Lipinski definition) is 2.